The Bertz CT molecular complexity index is 1800. The summed E-state index contributed by atoms with van der Waals surface area (Å²) in [4.78, 5) is 44.8. The average molecular weight is 678 g/mol. The number of anilines is 2. The first kappa shape index (κ1) is 35.9. The molecular formula is C36H45F2N7O4. The van der Waals surface area contributed by atoms with E-state index in [4.69, 9.17) is 9.47 Å². The number of hydrogen-bond acceptors (Lipinski definition) is 10. The van der Waals surface area contributed by atoms with Crippen molar-refractivity contribution in [3.63, 3.8) is 0 Å². The van der Waals surface area contributed by atoms with Gasteiger partial charge in [0.25, 0.3) is 0 Å². The molecule has 0 radical (unpaired) electrons. The minimum atomic E-state index is -0.703. The number of fused-ring (bicyclic) bond motifs is 1. The molecule has 4 aromatic rings. The molecule has 1 aliphatic rings. The van der Waals surface area contributed by atoms with Crippen LogP contribution in [0, 0.1) is 29.9 Å². The van der Waals surface area contributed by atoms with Crippen LogP contribution in [-0.4, -0.2) is 74.0 Å². The largest absolute Gasteiger partial charge is 0.455 e. The predicted molar refractivity (Wildman–Crippen MR) is 182 cm³/mol. The van der Waals surface area contributed by atoms with Gasteiger partial charge in [0.15, 0.2) is 17.4 Å². The molecule has 0 unspecified atom stereocenters. The van der Waals surface area contributed by atoms with Crippen molar-refractivity contribution >= 4 is 34.6 Å². The van der Waals surface area contributed by atoms with Gasteiger partial charge in [0.1, 0.15) is 42.2 Å². The van der Waals surface area contributed by atoms with Crippen LogP contribution < -0.4 is 5.32 Å². The fraction of sp³-hybridized carbons (Fsp3) is 0.500. The van der Waals surface area contributed by atoms with Crippen molar-refractivity contribution < 1.29 is 27.8 Å². The van der Waals surface area contributed by atoms with Crippen LogP contribution in [0.3, 0.4) is 0 Å². The van der Waals surface area contributed by atoms with Gasteiger partial charge in [0, 0.05) is 34.7 Å². The van der Waals surface area contributed by atoms with Crippen LogP contribution in [0.15, 0.2) is 36.7 Å². The highest BCUT2D eigenvalue weighted by Crippen LogP contribution is 2.35. The highest BCUT2D eigenvalue weighted by molar-refractivity contribution is 5.85. The van der Waals surface area contributed by atoms with Gasteiger partial charge < -0.3 is 24.3 Å². The quantitative estimate of drug-likeness (QED) is 0.161. The molecule has 49 heavy (non-hydrogen) atoms. The molecule has 1 aromatic carbocycles. The monoisotopic (exact) mass is 677 g/mol. The first-order chi connectivity index (χ1) is 23.2. The summed E-state index contributed by atoms with van der Waals surface area (Å²) in [5.74, 6) is -0.749. The second-order valence-electron chi connectivity index (χ2n) is 13.8. The number of carbonyl (C=O) groups excluding carboxylic acids is 2. The van der Waals surface area contributed by atoms with Gasteiger partial charge in [-0.05, 0) is 71.4 Å². The van der Waals surface area contributed by atoms with Crippen LogP contribution in [0.5, 0.6) is 0 Å². The van der Waals surface area contributed by atoms with Gasteiger partial charge in [-0.1, -0.05) is 33.8 Å². The molecule has 0 bridgehead atoms. The number of nitrogens with one attached hydrogen (secondary N) is 1. The molecule has 3 aromatic heterocycles. The number of carbonyl (C=O) groups is 2. The number of piperidine rings is 1. The summed E-state index contributed by atoms with van der Waals surface area (Å²) in [6.07, 6.45) is 3.77. The van der Waals surface area contributed by atoms with E-state index >= 15 is 8.78 Å². The Hall–Kier alpha value is -4.36. The highest BCUT2D eigenvalue weighted by Gasteiger charge is 2.31. The Morgan fingerprint density at radius 1 is 1.02 bits per heavy atom. The number of esters is 1. The lowest BCUT2D eigenvalue weighted by Crippen LogP contribution is -2.36. The number of rotatable bonds is 12. The van der Waals surface area contributed by atoms with Gasteiger partial charge >= 0.3 is 5.97 Å². The van der Waals surface area contributed by atoms with Crippen LogP contribution in [-0.2, 0) is 19.1 Å². The SMILES string of the molecule is CCN1CCC([C@@H](OC(=O)COCC(=O)C(C)(C)C)c2ccc(Nc3ncc(F)c(-c4cc(F)c5nc(C)n(C(C)C)c5c4)n3)nc2)CC1. The number of hydrogen-bond donors (Lipinski definition) is 1. The normalized spacial score (nSPS) is 15.1. The molecule has 1 atom stereocenters. The van der Waals surface area contributed by atoms with Crippen LogP contribution in [0.1, 0.15) is 77.9 Å². The van der Waals surface area contributed by atoms with Gasteiger partial charge in [0.2, 0.25) is 5.95 Å². The number of ketones is 1. The summed E-state index contributed by atoms with van der Waals surface area (Å²) in [5.41, 5.74) is 1.10. The second-order valence-corrected chi connectivity index (χ2v) is 13.8. The van der Waals surface area contributed by atoms with Crippen LogP contribution >= 0.6 is 0 Å². The zero-order valence-corrected chi connectivity index (χ0v) is 29.2. The van der Waals surface area contributed by atoms with E-state index in [-0.39, 0.29) is 53.7 Å². The third-order valence-electron chi connectivity index (χ3n) is 8.87. The Morgan fingerprint density at radius 3 is 2.39 bits per heavy atom. The zero-order chi connectivity index (χ0) is 35.5. The lowest BCUT2D eigenvalue weighted by molar-refractivity contribution is -0.159. The Balaban J connectivity index is 1.33. The highest BCUT2D eigenvalue weighted by atomic mass is 19.1. The molecule has 1 fully saturated rings. The summed E-state index contributed by atoms with van der Waals surface area (Å²) in [7, 11) is 0. The van der Waals surface area contributed by atoms with Crippen LogP contribution in [0.25, 0.3) is 22.3 Å². The van der Waals surface area contributed by atoms with E-state index in [1.165, 1.54) is 6.07 Å². The molecule has 0 amide bonds. The Morgan fingerprint density at radius 2 is 1.76 bits per heavy atom. The molecule has 4 heterocycles. The third kappa shape index (κ3) is 8.45. The second kappa shape index (κ2) is 15.0. The molecule has 5 rings (SSSR count). The van der Waals surface area contributed by atoms with Gasteiger partial charge in [-0.2, -0.15) is 0 Å². The first-order valence-corrected chi connectivity index (χ1v) is 16.7. The van der Waals surface area contributed by atoms with Gasteiger partial charge in [0.05, 0.1) is 11.7 Å². The minimum absolute atomic E-state index is 0.0193. The molecule has 262 valence electrons. The van der Waals surface area contributed by atoms with E-state index in [0.29, 0.717) is 22.7 Å². The van der Waals surface area contributed by atoms with Gasteiger partial charge in [-0.15, -0.1) is 0 Å². The van der Waals surface area contributed by atoms with E-state index in [1.54, 1.807) is 46.0 Å². The number of nitrogens with zero attached hydrogens (tertiary/aromatic N) is 6. The van der Waals surface area contributed by atoms with E-state index in [9.17, 15) is 9.59 Å². The van der Waals surface area contributed by atoms with Crippen LogP contribution in [0.2, 0.25) is 0 Å². The van der Waals surface area contributed by atoms with Crippen molar-refractivity contribution in [2.45, 2.75) is 73.5 Å². The number of Topliss-reactive ketones (excluding diaryl/α,β-unsaturated/α-hetero) is 1. The summed E-state index contributed by atoms with van der Waals surface area (Å²) < 4.78 is 43.4. The minimum Gasteiger partial charge on any atom is -0.455 e. The lowest BCUT2D eigenvalue weighted by atomic mass is 9.87. The van der Waals surface area contributed by atoms with E-state index < -0.39 is 29.1 Å². The molecule has 0 spiro atoms. The number of aromatic nitrogens is 5. The van der Waals surface area contributed by atoms with E-state index in [2.05, 4.69) is 37.1 Å². The summed E-state index contributed by atoms with van der Waals surface area (Å²) in [5, 5.41) is 3.00. The van der Waals surface area contributed by atoms with Crippen molar-refractivity contribution in [3.05, 3.63) is 59.7 Å². The van der Waals surface area contributed by atoms with Crippen LogP contribution in [0.4, 0.5) is 20.5 Å². The molecule has 1 aliphatic heterocycles. The van der Waals surface area contributed by atoms with Crippen molar-refractivity contribution in [2.24, 2.45) is 11.3 Å². The number of benzene rings is 1. The first-order valence-electron chi connectivity index (χ1n) is 16.7. The number of pyridine rings is 1. The Kier molecular flexibility index (Phi) is 11.0. The topological polar surface area (TPSA) is 124 Å². The van der Waals surface area contributed by atoms with Crippen molar-refractivity contribution in [3.8, 4) is 11.3 Å². The number of halogens is 2. The van der Waals surface area contributed by atoms with Crippen molar-refractivity contribution in [1.82, 2.24) is 29.4 Å². The van der Waals surface area contributed by atoms with Gasteiger partial charge in [-0.3, -0.25) is 4.79 Å². The number of likely N-dealkylation sites (tertiary alicyclic amines) is 1. The molecule has 1 N–H and O–H groups in total. The number of ether oxygens (including phenoxy) is 2. The fourth-order valence-electron chi connectivity index (χ4n) is 6.08. The zero-order valence-electron chi connectivity index (χ0n) is 29.2. The average Bonchev–Trinajstić information content (AvgIpc) is 3.41. The number of aryl methyl sites for hydroxylation is 1. The maximum absolute atomic E-state index is 15.1. The Labute approximate surface area is 285 Å². The fourth-order valence-corrected chi connectivity index (χ4v) is 6.08. The standard InChI is InChI=1S/C36H45F2N7O4/c1-8-44-13-11-23(12-14-44)34(49-31(47)20-48-19-29(46)36(5,6)7)24-9-10-30(39-17-24)42-35-40-18-27(38)32(43-35)25-15-26(37)33-28(16-25)45(21(2)3)22(4)41-33/h9-10,15-18,21,23,34H,8,11-14,19-20H2,1-7H3,(H,39,40,42,43)/t34-/m1/s1. The van der Waals surface area contributed by atoms with Crippen molar-refractivity contribution in [2.75, 3.05) is 38.2 Å². The van der Waals surface area contributed by atoms with Crippen molar-refractivity contribution in [1.29, 1.82) is 0 Å². The molecule has 0 saturated carbocycles. The maximum atomic E-state index is 15.1. The summed E-state index contributed by atoms with van der Waals surface area (Å²) in [6, 6.07) is 6.44. The third-order valence-corrected chi connectivity index (χ3v) is 8.87. The maximum Gasteiger partial charge on any atom is 0.332 e. The van der Waals surface area contributed by atoms with E-state index in [0.717, 1.165) is 38.7 Å². The smallest absolute Gasteiger partial charge is 0.332 e. The molecule has 11 nitrogen and oxygen atoms in total. The predicted octanol–water partition coefficient (Wildman–Crippen LogP) is 6.75. The van der Waals surface area contributed by atoms with Gasteiger partial charge in [-0.25, -0.2) is 33.5 Å². The summed E-state index contributed by atoms with van der Waals surface area (Å²) in [6.45, 7) is 15.5. The van der Waals surface area contributed by atoms with E-state index in [1.807, 2.05) is 24.5 Å². The number of imidazole rings is 1. The molecule has 13 heteroatoms. The lowest BCUT2D eigenvalue weighted by Gasteiger charge is -2.35. The molecule has 1 saturated heterocycles. The summed E-state index contributed by atoms with van der Waals surface area (Å²) >= 11 is 0. The molecule has 0 aliphatic carbocycles. The molecular weight excluding hydrogens is 632 g/mol.